The Balaban J connectivity index is 1.67. The summed E-state index contributed by atoms with van der Waals surface area (Å²) in [5.74, 6) is 1.54. The molecular formula is C22H17Cl2N3. The van der Waals surface area contributed by atoms with Crippen LogP contribution in [0.3, 0.4) is 0 Å². The Morgan fingerprint density at radius 2 is 1.59 bits per heavy atom. The average molecular weight is 394 g/mol. The van der Waals surface area contributed by atoms with Crippen LogP contribution in [-0.2, 0) is 13.0 Å². The predicted molar refractivity (Wildman–Crippen MR) is 113 cm³/mol. The van der Waals surface area contributed by atoms with Crippen LogP contribution in [0.2, 0.25) is 10.0 Å². The molecule has 27 heavy (non-hydrogen) atoms. The van der Waals surface area contributed by atoms with E-state index in [1.807, 2.05) is 54.6 Å². The van der Waals surface area contributed by atoms with Crippen molar-refractivity contribution < 1.29 is 0 Å². The Morgan fingerprint density at radius 3 is 2.41 bits per heavy atom. The highest BCUT2D eigenvalue weighted by Gasteiger charge is 2.10. The highest BCUT2D eigenvalue weighted by molar-refractivity contribution is 6.35. The fraction of sp³-hybridized carbons (Fsp3) is 0.0909. The number of anilines is 1. The molecule has 0 saturated carbocycles. The minimum Gasteiger partial charge on any atom is -0.365 e. The van der Waals surface area contributed by atoms with Gasteiger partial charge in [-0.1, -0.05) is 71.7 Å². The maximum absolute atomic E-state index is 6.32. The molecule has 0 aliphatic rings. The van der Waals surface area contributed by atoms with Gasteiger partial charge in [0.2, 0.25) is 0 Å². The van der Waals surface area contributed by atoms with Crippen molar-refractivity contribution in [2.75, 3.05) is 5.32 Å². The Labute approximate surface area is 168 Å². The summed E-state index contributed by atoms with van der Waals surface area (Å²) in [6.07, 6.45) is 0.543. The zero-order chi connectivity index (χ0) is 18.6. The highest BCUT2D eigenvalue weighted by atomic mass is 35.5. The van der Waals surface area contributed by atoms with Crippen LogP contribution in [0.15, 0.2) is 72.8 Å². The molecule has 4 aromatic rings. The molecule has 0 saturated heterocycles. The van der Waals surface area contributed by atoms with Gasteiger partial charge >= 0.3 is 0 Å². The van der Waals surface area contributed by atoms with Crippen molar-refractivity contribution >= 4 is 39.9 Å². The lowest BCUT2D eigenvalue weighted by molar-refractivity contribution is 0.981. The third kappa shape index (κ3) is 4.21. The highest BCUT2D eigenvalue weighted by Crippen LogP contribution is 2.25. The van der Waals surface area contributed by atoms with E-state index in [1.54, 1.807) is 6.07 Å². The molecule has 0 aliphatic heterocycles. The van der Waals surface area contributed by atoms with E-state index in [2.05, 4.69) is 17.4 Å². The summed E-state index contributed by atoms with van der Waals surface area (Å²) in [6.45, 7) is 0.697. The van der Waals surface area contributed by atoms with E-state index in [9.17, 15) is 0 Å². The van der Waals surface area contributed by atoms with Crippen LogP contribution >= 0.6 is 23.2 Å². The number of para-hydroxylation sites is 1. The lowest BCUT2D eigenvalue weighted by Gasteiger charge is -2.12. The molecule has 0 radical (unpaired) electrons. The Hall–Kier alpha value is -2.62. The van der Waals surface area contributed by atoms with Gasteiger partial charge in [-0.25, -0.2) is 9.97 Å². The van der Waals surface area contributed by atoms with Crippen LogP contribution < -0.4 is 5.32 Å². The molecule has 1 N–H and O–H groups in total. The minimum absolute atomic E-state index is 0.543. The molecule has 0 unspecified atom stereocenters. The number of nitrogens with one attached hydrogen (secondary N) is 1. The molecule has 0 amide bonds. The van der Waals surface area contributed by atoms with Crippen LogP contribution in [0.25, 0.3) is 10.9 Å². The molecule has 5 heteroatoms. The number of benzene rings is 3. The maximum atomic E-state index is 6.32. The molecule has 0 aliphatic carbocycles. The standard InChI is InChI=1S/C22H17Cl2N3/c23-17-11-10-16(19(24)13-17)12-21-26-20-9-5-4-8-18(20)22(27-21)25-14-15-6-2-1-3-7-15/h1-11,13H,12,14H2,(H,25,26,27). The number of hydrogen-bond acceptors (Lipinski definition) is 3. The zero-order valence-corrected chi connectivity index (χ0v) is 16.0. The van der Waals surface area contributed by atoms with E-state index in [0.717, 1.165) is 22.3 Å². The summed E-state index contributed by atoms with van der Waals surface area (Å²) < 4.78 is 0. The largest absolute Gasteiger partial charge is 0.365 e. The first-order chi connectivity index (χ1) is 13.2. The van der Waals surface area contributed by atoms with Gasteiger partial charge in [0.15, 0.2) is 0 Å². The van der Waals surface area contributed by atoms with Crippen LogP contribution in [0.1, 0.15) is 17.0 Å². The summed E-state index contributed by atoms with van der Waals surface area (Å²) in [6, 6.07) is 23.7. The molecule has 0 spiro atoms. The third-order valence-corrected chi connectivity index (χ3v) is 4.90. The SMILES string of the molecule is Clc1ccc(Cc2nc(NCc3ccccc3)c3ccccc3n2)c(Cl)c1. The number of hydrogen-bond donors (Lipinski definition) is 1. The van der Waals surface area contributed by atoms with Crippen molar-refractivity contribution in [2.24, 2.45) is 0 Å². The molecule has 3 nitrogen and oxygen atoms in total. The normalized spacial score (nSPS) is 10.9. The van der Waals surface area contributed by atoms with Gasteiger partial charge in [0.05, 0.1) is 5.52 Å². The van der Waals surface area contributed by atoms with E-state index in [4.69, 9.17) is 33.2 Å². The lowest BCUT2D eigenvalue weighted by atomic mass is 10.1. The molecule has 1 heterocycles. The van der Waals surface area contributed by atoms with Gasteiger partial charge in [-0.05, 0) is 35.4 Å². The van der Waals surface area contributed by atoms with Crippen molar-refractivity contribution in [1.29, 1.82) is 0 Å². The Morgan fingerprint density at radius 1 is 0.815 bits per heavy atom. The molecular weight excluding hydrogens is 377 g/mol. The monoisotopic (exact) mass is 393 g/mol. The summed E-state index contributed by atoms with van der Waals surface area (Å²) in [5.41, 5.74) is 3.05. The summed E-state index contributed by atoms with van der Waals surface area (Å²) >= 11 is 12.3. The van der Waals surface area contributed by atoms with Crippen LogP contribution in [0, 0.1) is 0 Å². The average Bonchev–Trinajstić information content (AvgIpc) is 2.69. The van der Waals surface area contributed by atoms with Crippen LogP contribution in [-0.4, -0.2) is 9.97 Å². The first-order valence-electron chi connectivity index (χ1n) is 8.66. The van der Waals surface area contributed by atoms with Gasteiger partial charge in [0.1, 0.15) is 11.6 Å². The molecule has 134 valence electrons. The fourth-order valence-corrected chi connectivity index (χ4v) is 3.43. The van der Waals surface area contributed by atoms with Crippen LogP contribution in [0.4, 0.5) is 5.82 Å². The first-order valence-corrected chi connectivity index (χ1v) is 9.42. The van der Waals surface area contributed by atoms with Gasteiger partial charge in [-0.15, -0.1) is 0 Å². The Bertz CT molecular complexity index is 1080. The number of aromatic nitrogens is 2. The molecule has 0 bridgehead atoms. The molecule has 0 atom stereocenters. The molecule has 1 aromatic heterocycles. The lowest BCUT2D eigenvalue weighted by Crippen LogP contribution is -2.06. The van der Waals surface area contributed by atoms with E-state index in [-0.39, 0.29) is 0 Å². The summed E-state index contributed by atoms with van der Waals surface area (Å²) in [7, 11) is 0. The van der Waals surface area contributed by atoms with Crippen molar-refractivity contribution in [3.63, 3.8) is 0 Å². The maximum Gasteiger partial charge on any atom is 0.137 e. The Kier molecular flexibility index (Phi) is 5.23. The van der Waals surface area contributed by atoms with Crippen molar-refractivity contribution in [3.8, 4) is 0 Å². The topological polar surface area (TPSA) is 37.8 Å². The second kappa shape index (κ2) is 7.95. The summed E-state index contributed by atoms with van der Waals surface area (Å²) in [4.78, 5) is 9.47. The fourth-order valence-electron chi connectivity index (χ4n) is 2.96. The number of halogens is 2. The minimum atomic E-state index is 0.543. The molecule has 0 fully saturated rings. The predicted octanol–water partition coefficient (Wildman–Crippen LogP) is 6.14. The molecule has 4 rings (SSSR count). The smallest absolute Gasteiger partial charge is 0.137 e. The van der Waals surface area contributed by atoms with E-state index in [0.29, 0.717) is 28.8 Å². The van der Waals surface area contributed by atoms with Gasteiger partial charge in [0, 0.05) is 28.4 Å². The van der Waals surface area contributed by atoms with Gasteiger partial charge in [-0.2, -0.15) is 0 Å². The van der Waals surface area contributed by atoms with Crippen molar-refractivity contribution in [1.82, 2.24) is 9.97 Å². The number of rotatable bonds is 5. The van der Waals surface area contributed by atoms with Gasteiger partial charge in [-0.3, -0.25) is 0 Å². The number of nitrogens with zero attached hydrogens (tertiary/aromatic N) is 2. The van der Waals surface area contributed by atoms with Gasteiger partial charge < -0.3 is 5.32 Å². The van der Waals surface area contributed by atoms with Crippen molar-refractivity contribution in [2.45, 2.75) is 13.0 Å². The second-order valence-electron chi connectivity index (χ2n) is 6.26. The third-order valence-electron chi connectivity index (χ3n) is 4.32. The second-order valence-corrected chi connectivity index (χ2v) is 7.10. The quantitative estimate of drug-likeness (QED) is 0.442. The summed E-state index contributed by atoms with van der Waals surface area (Å²) in [5, 5.41) is 5.69. The van der Waals surface area contributed by atoms with Gasteiger partial charge in [0.25, 0.3) is 0 Å². The molecule has 3 aromatic carbocycles. The van der Waals surface area contributed by atoms with Crippen LogP contribution in [0.5, 0.6) is 0 Å². The number of fused-ring (bicyclic) bond motifs is 1. The van der Waals surface area contributed by atoms with E-state index >= 15 is 0 Å². The van der Waals surface area contributed by atoms with E-state index < -0.39 is 0 Å². The zero-order valence-electron chi connectivity index (χ0n) is 14.5. The first kappa shape index (κ1) is 17.8. The van der Waals surface area contributed by atoms with Crippen molar-refractivity contribution in [3.05, 3.63) is 99.8 Å². The van der Waals surface area contributed by atoms with E-state index in [1.165, 1.54) is 5.56 Å².